The highest BCUT2D eigenvalue weighted by atomic mass is 16.5. The zero-order chi connectivity index (χ0) is 19.0. The van der Waals surface area contributed by atoms with Gasteiger partial charge in [-0.25, -0.2) is 0 Å². The van der Waals surface area contributed by atoms with E-state index in [1.807, 2.05) is 43.3 Å². The molecule has 0 aromatic heterocycles. The summed E-state index contributed by atoms with van der Waals surface area (Å²) in [5.74, 6) is 1.61. The molecule has 0 fully saturated rings. The fourth-order valence-electron chi connectivity index (χ4n) is 4.24. The number of hydrogen-bond acceptors (Lipinski definition) is 3. The zero-order valence-corrected chi connectivity index (χ0v) is 15.8. The second-order valence-electron chi connectivity index (χ2n) is 6.79. The summed E-state index contributed by atoms with van der Waals surface area (Å²) in [6.45, 7) is 2.04. The van der Waals surface area contributed by atoms with Gasteiger partial charge in [0.15, 0.2) is 0 Å². The van der Waals surface area contributed by atoms with Crippen LogP contribution in [0.15, 0.2) is 54.1 Å². The molecule has 1 aliphatic carbocycles. The number of fused-ring (bicyclic) bond motifs is 2. The predicted molar refractivity (Wildman–Crippen MR) is 109 cm³/mol. The smallest absolute Gasteiger partial charge is 0.146 e. The molecule has 3 nitrogen and oxygen atoms in total. The van der Waals surface area contributed by atoms with E-state index < -0.39 is 0 Å². The van der Waals surface area contributed by atoms with Gasteiger partial charge in [0, 0.05) is 27.5 Å². The Bertz CT molecular complexity index is 1080. The van der Waals surface area contributed by atoms with Crippen molar-refractivity contribution in [2.45, 2.75) is 19.8 Å². The minimum absolute atomic E-state index is 0.730. The summed E-state index contributed by atoms with van der Waals surface area (Å²) in [5.41, 5.74) is 6.07. The molecule has 3 aromatic carbocycles. The first-order valence-corrected chi connectivity index (χ1v) is 9.11. The lowest BCUT2D eigenvalue weighted by Gasteiger charge is -2.26. The third kappa shape index (κ3) is 2.62. The van der Waals surface area contributed by atoms with Crippen LogP contribution in [0.4, 0.5) is 0 Å². The van der Waals surface area contributed by atoms with Crippen LogP contribution in [0.2, 0.25) is 0 Å². The molecule has 0 radical (unpaired) electrons. The van der Waals surface area contributed by atoms with Crippen molar-refractivity contribution in [2.75, 3.05) is 14.2 Å². The first-order chi connectivity index (χ1) is 13.2. The van der Waals surface area contributed by atoms with Gasteiger partial charge in [0.25, 0.3) is 0 Å². The van der Waals surface area contributed by atoms with E-state index in [1.54, 1.807) is 14.2 Å². The number of carbonyl (C=O) groups excluding carboxylic acids is 1. The summed E-state index contributed by atoms with van der Waals surface area (Å²) in [7, 11) is 3.38. The van der Waals surface area contributed by atoms with Gasteiger partial charge in [-0.2, -0.15) is 0 Å². The molecule has 0 heterocycles. The van der Waals surface area contributed by atoms with E-state index in [4.69, 9.17) is 9.47 Å². The molecule has 0 saturated heterocycles. The molecule has 4 rings (SSSR count). The Morgan fingerprint density at radius 3 is 2.15 bits per heavy atom. The van der Waals surface area contributed by atoms with E-state index in [-0.39, 0.29) is 0 Å². The number of rotatable bonds is 4. The van der Waals surface area contributed by atoms with Gasteiger partial charge in [-0.1, -0.05) is 48.5 Å². The van der Waals surface area contributed by atoms with Crippen molar-refractivity contribution in [3.05, 3.63) is 76.4 Å². The molecule has 1 aliphatic rings. The maximum absolute atomic E-state index is 12.0. The van der Waals surface area contributed by atoms with Crippen LogP contribution in [-0.4, -0.2) is 20.5 Å². The topological polar surface area (TPSA) is 35.5 Å². The zero-order valence-electron chi connectivity index (χ0n) is 15.8. The molecule has 0 amide bonds. The summed E-state index contributed by atoms with van der Waals surface area (Å²) in [6, 6.07) is 16.4. The Morgan fingerprint density at radius 2 is 1.48 bits per heavy atom. The van der Waals surface area contributed by atoms with Gasteiger partial charge in [0.1, 0.15) is 17.8 Å². The van der Waals surface area contributed by atoms with Crippen molar-refractivity contribution in [1.82, 2.24) is 0 Å². The van der Waals surface area contributed by atoms with Crippen LogP contribution in [-0.2, 0) is 11.2 Å². The fraction of sp³-hybridized carbons (Fsp3) is 0.208. The van der Waals surface area contributed by atoms with Crippen LogP contribution < -0.4 is 9.47 Å². The second kappa shape index (κ2) is 6.92. The van der Waals surface area contributed by atoms with Crippen molar-refractivity contribution in [2.24, 2.45) is 0 Å². The van der Waals surface area contributed by atoms with Crippen LogP contribution >= 0.6 is 0 Å². The number of aryl methyl sites for hydroxylation is 1. The Labute approximate surface area is 159 Å². The molecular weight excluding hydrogens is 336 g/mol. The average molecular weight is 358 g/mol. The quantitative estimate of drug-likeness (QED) is 0.608. The van der Waals surface area contributed by atoms with Crippen LogP contribution in [0.5, 0.6) is 11.5 Å². The Balaban J connectivity index is 2.17. The van der Waals surface area contributed by atoms with Gasteiger partial charge in [-0.15, -0.1) is 0 Å². The molecule has 0 atom stereocenters. The first kappa shape index (κ1) is 17.3. The maximum Gasteiger partial charge on any atom is 0.146 e. The maximum atomic E-state index is 12.0. The number of methoxy groups -OCH3 is 2. The van der Waals surface area contributed by atoms with Crippen LogP contribution in [0.1, 0.15) is 28.7 Å². The summed E-state index contributed by atoms with van der Waals surface area (Å²) in [6.07, 6.45) is 2.60. The van der Waals surface area contributed by atoms with Gasteiger partial charge in [-0.05, 0) is 36.5 Å². The van der Waals surface area contributed by atoms with Crippen LogP contribution in [0.3, 0.4) is 0 Å². The number of carbonyl (C=O) groups is 1. The summed E-state index contributed by atoms with van der Waals surface area (Å²) < 4.78 is 11.7. The van der Waals surface area contributed by atoms with Gasteiger partial charge >= 0.3 is 0 Å². The fourth-order valence-corrected chi connectivity index (χ4v) is 4.24. The molecule has 0 spiro atoms. The molecular formula is C24H22O3. The molecule has 136 valence electrons. The molecule has 0 bridgehead atoms. The normalized spacial score (nSPS) is 13.4. The van der Waals surface area contributed by atoms with Crippen LogP contribution in [0.25, 0.3) is 16.3 Å². The highest BCUT2D eigenvalue weighted by Crippen LogP contribution is 2.47. The molecule has 0 saturated carbocycles. The number of aldehydes is 1. The van der Waals surface area contributed by atoms with Crippen molar-refractivity contribution in [1.29, 1.82) is 0 Å². The molecule has 0 N–H and O–H groups in total. The third-order valence-corrected chi connectivity index (χ3v) is 5.43. The van der Waals surface area contributed by atoms with Gasteiger partial charge in [0.05, 0.1) is 14.2 Å². The van der Waals surface area contributed by atoms with E-state index in [2.05, 4.69) is 12.1 Å². The van der Waals surface area contributed by atoms with Gasteiger partial charge in [0.2, 0.25) is 0 Å². The molecule has 27 heavy (non-hydrogen) atoms. The van der Waals surface area contributed by atoms with Crippen molar-refractivity contribution >= 4 is 22.6 Å². The lowest BCUT2D eigenvalue weighted by molar-refractivity contribution is -0.105. The largest absolute Gasteiger partial charge is 0.496 e. The molecule has 3 aromatic rings. The number of ether oxygens (including phenoxy) is 2. The van der Waals surface area contributed by atoms with Crippen molar-refractivity contribution < 1.29 is 14.3 Å². The van der Waals surface area contributed by atoms with E-state index in [1.165, 1.54) is 5.56 Å². The van der Waals surface area contributed by atoms with Gasteiger partial charge < -0.3 is 9.47 Å². The first-order valence-electron chi connectivity index (χ1n) is 9.11. The minimum Gasteiger partial charge on any atom is -0.496 e. The minimum atomic E-state index is 0.730. The second-order valence-corrected chi connectivity index (χ2v) is 6.79. The van der Waals surface area contributed by atoms with E-state index in [0.29, 0.717) is 0 Å². The molecule has 0 aliphatic heterocycles. The highest BCUT2D eigenvalue weighted by molar-refractivity contribution is 6.05. The Kier molecular flexibility index (Phi) is 4.44. The number of benzene rings is 3. The number of allylic oxidation sites excluding steroid dienone is 1. The summed E-state index contributed by atoms with van der Waals surface area (Å²) >= 11 is 0. The SMILES string of the molecule is COc1c(C)c(C2=C(C=O)CCc3ccccc32)c(OC)c2ccccc12. The highest BCUT2D eigenvalue weighted by Gasteiger charge is 2.27. The predicted octanol–water partition coefficient (Wildman–Crippen LogP) is 5.11. The third-order valence-electron chi connectivity index (χ3n) is 5.43. The lowest BCUT2D eigenvalue weighted by atomic mass is 9.80. The number of hydrogen-bond donors (Lipinski definition) is 0. The molecule has 3 heteroatoms. The standard InChI is InChI=1S/C24H22O3/c1-15-21(22-17(14-25)13-12-16-8-4-5-9-18(16)22)24(27-3)20-11-7-6-10-19(20)23(15)26-2/h4-11,14H,12-13H2,1-3H3. The van der Waals surface area contributed by atoms with E-state index >= 15 is 0 Å². The van der Waals surface area contributed by atoms with Crippen LogP contribution in [0, 0.1) is 6.92 Å². The Hall–Kier alpha value is -3.07. The van der Waals surface area contributed by atoms with Gasteiger partial charge in [-0.3, -0.25) is 4.79 Å². The Morgan fingerprint density at radius 1 is 0.852 bits per heavy atom. The van der Waals surface area contributed by atoms with E-state index in [9.17, 15) is 4.79 Å². The summed E-state index contributed by atoms with van der Waals surface area (Å²) in [4.78, 5) is 12.0. The molecule has 0 unspecified atom stereocenters. The monoisotopic (exact) mass is 358 g/mol. The lowest BCUT2D eigenvalue weighted by Crippen LogP contribution is -2.10. The average Bonchev–Trinajstić information content (AvgIpc) is 2.72. The van der Waals surface area contributed by atoms with Crippen molar-refractivity contribution in [3.8, 4) is 11.5 Å². The van der Waals surface area contributed by atoms with E-state index in [0.717, 1.165) is 69.2 Å². The summed E-state index contributed by atoms with van der Waals surface area (Å²) in [5, 5.41) is 1.99. The van der Waals surface area contributed by atoms with Crippen molar-refractivity contribution in [3.63, 3.8) is 0 Å².